The maximum atomic E-state index is 2.44. The van der Waals surface area contributed by atoms with Crippen molar-refractivity contribution in [2.75, 3.05) is 0 Å². The summed E-state index contributed by atoms with van der Waals surface area (Å²) in [5, 5.41) is 0. The molecule has 0 heteroatoms. The highest BCUT2D eigenvalue weighted by atomic mass is 14.6. The zero-order valence-corrected chi connectivity index (χ0v) is 9.93. The fraction of sp³-hybridized carbons (Fsp3) is 0.714. The van der Waals surface area contributed by atoms with Gasteiger partial charge in [0.25, 0.3) is 0 Å². The van der Waals surface area contributed by atoms with Gasteiger partial charge in [0.1, 0.15) is 0 Å². The van der Waals surface area contributed by atoms with Crippen LogP contribution in [0.3, 0.4) is 0 Å². The fourth-order valence-electron chi connectivity index (χ4n) is 3.67. The molecule has 78 valence electrons. The zero-order valence-electron chi connectivity index (χ0n) is 9.93. The summed E-state index contributed by atoms with van der Waals surface area (Å²) >= 11 is 0. The molecule has 2 aliphatic rings. The maximum Gasteiger partial charge on any atom is 0.0169 e. The van der Waals surface area contributed by atoms with Gasteiger partial charge in [0.15, 0.2) is 0 Å². The molecule has 0 aromatic rings. The van der Waals surface area contributed by atoms with Gasteiger partial charge in [-0.15, -0.1) is 0 Å². The molecular weight excluding hydrogens is 168 g/mol. The zero-order chi connectivity index (χ0) is 10.4. The molecule has 0 aliphatic heterocycles. The van der Waals surface area contributed by atoms with Crippen molar-refractivity contribution in [3.8, 4) is 0 Å². The Morgan fingerprint density at radius 2 is 1.21 bits per heavy atom. The van der Waals surface area contributed by atoms with Crippen LogP contribution in [0.4, 0.5) is 0 Å². The van der Waals surface area contributed by atoms with Gasteiger partial charge in [-0.25, -0.2) is 0 Å². The Kier molecular flexibility index (Phi) is 1.96. The second-order valence-electron chi connectivity index (χ2n) is 6.21. The van der Waals surface area contributed by atoms with Crippen LogP contribution in [0.2, 0.25) is 0 Å². The Bertz CT molecular complexity index is 259. The Morgan fingerprint density at radius 1 is 0.786 bits per heavy atom. The molecule has 0 saturated heterocycles. The van der Waals surface area contributed by atoms with Crippen LogP contribution in [0.1, 0.15) is 47.0 Å². The first kappa shape index (κ1) is 10.0. The van der Waals surface area contributed by atoms with Crippen molar-refractivity contribution >= 4 is 0 Å². The third-order valence-electron chi connectivity index (χ3n) is 4.67. The SMILES string of the molecule is CC1(C)CCCC(C)(C)C12C=CC=C2. The Balaban J connectivity index is 2.50. The van der Waals surface area contributed by atoms with Crippen molar-refractivity contribution in [3.63, 3.8) is 0 Å². The highest BCUT2D eigenvalue weighted by Gasteiger charge is 2.54. The van der Waals surface area contributed by atoms with Crippen LogP contribution in [0.5, 0.6) is 0 Å². The fourth-order valence-corrected chi connectivity index (χ4v) is 3.67. The van der Waals surface area contributed by atoms with Gasteiger partial charge in [-0.05, 0) is 23.7 Å². The van der Waals surface area contributed by atoms with Gasteiger partial charge in [-0.1, -0.05) is 58.4 Å². The summed E-state index contributed by atoms with van der Waals surface area (Å²) in [5.74, 6) is 0. The molecular formula is C14H22. The summed E-state index contributed by atoms with van der Waals surface area (Å²) in [7, 11) is 0. The predicted octanol–water partition coefficient (Wildman–Crippen LogP) is 4.34. The van der Waals surface area contributed by atoms with Gasteiger partial charge in [-0.2, -0.15) is 0 Å². The molecule has 2 rings (SSSR count). The lowest BCUT2D eigenvalue weighted by Gasteiger charge is -2.56. The molecule has 0 nitrogen and oxygen atoms in total. The molecule has 0 amide bonds. The van der Waals surface area contributed by atoms with Crippen LogP contribution in [-0.4, -0.2) is 0 Å². The third kappa shape index (κ3) is 1.06. The lowest BCUT2D eigenvalue weighted by atomic mass is 9.48. The molecule has 0 radical (unpaired) electrons. The third-order valence-corrected chi connectivity index (χ3v) is 4.67. The average molecular weight is 190 g/mol. The van der Waals surface area contributed by atoms with Crippen molar-refractivity contribution in [2.45, 2.75) is 47.0 Å². The predicted molar refractivity (Wildman–Crippen MR) is 62.1 cm³/mol. The van der Waals surface area contributed by atoms with Crippen LogP contribution in [-0.2, 0) is 0 Å². The summed E-state index contributed by atoms with van der Waals surface area (Å²) in [6.07, 6.45) is 13.4. The number of hydrogen-bond donors (Lipinski definition) is 0. The van der Waals surface area contributed by atoms with E-state index in [1.54, 1.807) is 0 Å². The van der Waals surface area contributed by atoms with E-state index in [0.29, 0.717) is 16.2 Å². The van der Waals surface area contributed by atoms with Crippen molar-refractivity contribution < 1.29 is 0 Å². The number of allylic oxidation sites excluding steroid dienone is 4. The highest BCUT2D eigenvalue weighted by Crippen LogP contribution is 2.62. The number of rotatable bonds is 0. The van der Waals surface area contributed by atoms with Crippen molar-refractivity contribution in [1.29, 1.82) is 0 Å². The van der Waals surface area contributed by atoms with Gasteiger partial charge in [-0.3, -0.25) is 0 Å². The molecule has 0 aromatic heterocycles. The molecule has 14 heavy (non-hydrogen) atoms. The van der Waals surface area contributed by atoms with E-state index in [2.05, 4.69) is 52.0 Å². The normalized spacial score (nSPS) is 31.1. The van der Waals surface area contributed by atoms with Gasteiger partial charge >= 0.3 is 0 Å². The van der Waals surface area contributed by atoms with E-state index in [1.165, 1.54) is 19.3 Å². The first-order valence-electron chi connectivity index (χ1n) is 5.78. The summed E-state index contributed by atoms with van der Waals surface area (Å²) < 4.78 is 0. The Morgan fingerprint density at radius 3 is 1.64 bits per heavy atom. The quantitative estimate of drug-likeness (QED) is 0.533. The minimum atomic E-state index is 0.304. The van der Waals surface area contributed by atoms with Crippen LogP contribution in [0.25, 0.3) is 0 Å². The van der Waals surface area contributed by atoms with Gasteiger partial charge in [0, 0.05) is 5.41 Å². The smallest absolute Gasteiger partial charge is 0.0169 e. The van der Waals surface area contributed by atoms with E-state index in [0.717, 1.165) is 0 Å². The largest absolute Gasteiger partial charge is 0.0735 e. The second-order valence-corrected chi connectivity index (χ2v) is 6.21. The van der Waals surface area contributed by atoms with E-state index in [-0.39, 0.29) is 0 Å². The van der Waals surface area contributed by atoms with Crippen LogP contribution >= 0.6 is 0 Å². The standard InChI is InChI=1S/C14H22/c1-12(2)8-7-9-13(3,4)14(12)10-5-6-11-14/h5-6,10-11H,7-9H2,1-4H3. The molecule has 0 bridgehead atoms. The second kappa shape index (κ2) is 2.74. The Labute approximate surface area is 88.1 Å². The van der Waals surface area contributed by atoms with E-state index in [4.69, 9.17) is 0 Å². The molecule has 1 spiro atoms. The van der Waals surface area contributed by atoms with Crippen molar-refractivity contribution in [3.05, 3.63) is 24.3 Å². The molecule has 2 aliphatic carbocycles. The summed E-state index contributed by atoms with van der Waals surface area (Å²) in [4.78, 5) is 0. The molecule has 0 N–H and O–H groups in total. The van der Waals surface area contributed by atoms with Crippen LogP contribution in [0.15, 0.2) is 24.3 Å². The van der Waals surface area contributed by atoms with E-state index >= 15 is 0 Å². The van der Waals surface area contributed by atoms with Crippen LogP contribution < -0.4 is 0 Å². The van der Waals surface area contributed by atoms with Crippen molar-refractivity contribution in [2.24, 2.45) is 16.2 Å². The van der Waals surface area contributed by atoms with Gasteiger partial charge in [0.2, 0.25) is 0 Å². The average Bonchev–Trinajstić information content (AvgIpc) is 2.50. The first-order chi connectivity index (χ1) is 6.41. The highest BCUT2D eigenvalue weighted by molar-refractivity contribution is 5.32. The monoisotopic (exact) mass is 190 g/mol. The van der Waals surface area contributed by atoms with Gasteiger partial charge < -0.3 is 0 Å². The molecule has 1 fully saturated rings. The lowest BCUT2D eigenvalue weighted by molar-refractivity contribution is -0.0134. The number of hydrogen-bond acceptors (Lipinski definition) is 0. The van der Waals surface area contributed by atoms with Gasteiger partial charge in [0.05, 0.1) is 0 Å². The summed E-state index contributed by atoms with van der Waals surface area (Å²) in [6.45, 7) is 9.70. The van der Waals surface area contributed by atoms with E-state index < -0.39 is 0 Å². The summed E-state index contributed by atoms with van der Waals surface area (Å²) in [5.41, 5.74) is 1.13. The molecule has 0 unspecified atom stereocenters. The summed E-state index contributed by atoms with van der Waals surface area (Å²) in [6, 6.07) is 0. The Hall–Kier alpha value is -0.520. The van der Waals surface area contributed by atoms with Crippen molar-refractivity contribution in [1.82, 2.24) is 0 Å². The lowest BCUT2D eigenvalue weighted by Crippen LogP contribution is -2.48. The minimum absolute atomic E-state index is 0.304. The molecule has 0 heterocycles. The van der Waals surface area contributed by atoms with E-state index in [1.807, 2.05) is 0 Å². The maximum absolute atomic E-state index is 2.44. The topological polar surface area (TPSA) is 0 Å². The minimum Gasteiger partial charge on any atom is -0.0735 e. The molecule has 0 atom stereocenters. The first-order valence-corrected chi connectivity index (χ1v) is 5.78. The molecule has 0 aromatic carbocycles. The van der Waals surface area contributed by atoms with E-state index in [9.17, 15) is 0 Å². The van der Waals surface area contributed by atoms with Crippen LogP contribution in [0, 0.1) is 16.2 Å². The molecule has 1 saturated carbocycles.